The Morgan fingerprint density at radius 2 is 2.06 bits per heavy atom. The van der Waals surface area contributed by atoms with Crippen LogP contribution in [0.1, 0.15) is 32.2 Å². The molecule has 3 aromatic heterocycles. The first-order chi connectivity index (χ1) is 15.2. The van der Waals surface area contributed by atoms with Gasteiger partial charge in [0, 0.05) is 18.3 Å². The topological polar surface area (TPSA) is 113 Å². The van der Waals surface area contributed by atoms with Crippen molar-refractivity contribution in [3.05, 3.63) is 59.1 Å². The van der Waals surface area contributed by atoms with E-state index in [0.29, 0.717) is 23.7 Å². The summed E-state index contributed by atoms with van der Waals surface area (Å²) in [4.78, 5) is 21.1. The van der Waals surface area contributed by atoms with Gasteiger partial charge in [-0.25, -0.2) is 9.67 Å². The van der Waals surface area contributed by atoms with Crippen molar-refractivity contribution in [1.82, 2.24) is 34.7 Å². The van der Waals surface area contributed by atoms with Crippen LogP contribution in [-0.4, -0.2) is 47.4 Å². The van der Waals surface area contributed by atoms with E-state index < -0.39 is 0 Å². The lowest BCUT2D eigenvalue weighted by molar-refractivity contribution is 0.340. The number of nitrogens with zero attached hydrogens (tertiary/aromatic N) is 7. The summed E-state index contributed by atoms with van der Waals surface area (Å²) < 4.78 is 8.75. The Hall–Kier alpha value is -3.82. The SMILES string of the molecule is CCOc1ccc(-n2nnc3cnc(N[C@@H]4CC[C@@H](n5ncccc5=O)C4)nc32)cc1. The minimum Gasteiger partial charge on any atom is -0.494 e. The van der Waals surface area contributed by atoms with Crippen LogP contribution in [-0.2, 0) is 0 Å². The van der Waals surface area contributed by atoms with Crippen LogP contribution >= 0.6 is 0 Å². The van der Waals surface area contributed by atoms with Crippen LogP contribution < -0.4 is 15.6 Å². The van der Waals surface area contributed by atoms with Crippen LogP contribution in [0.4, 0.5) is 5.95 Å². The predicted octanol–water partition coefficient (Wildman–Crippen LogP) is 2.37. The fraction of sp³-hybridized carbons (Fsp3) is 0.333. The summed E-state index contributed by atoms with van der Waals surface area (Å²) in [6.07, 6.45) is 5.88. The molecule has 0 saturated heterocycles. The quantitative estimate of drug-likeness (QED) is 0.508. The molecule has 1 N–H and O–H groups in total. The van der Waals surface area contributed by atoms with Crippen LogP contribution in [0.15, 0.2) is 53.6 Å². The van der Waals surface area contributed by atoms with Gasteiger partial charge in [0.1, 0.15) is 5.75 Å². The van der Waals surface area contributed by atoms with E-state index in [4.69, 9.17) is 4.74 Å². The molecule has 0 unspecified atom stereocenters. The minimum absolute atomic E-state index is 0.0730. The van der Waals surface area contributed by atoms with Crippen molar-refractivity contribution in [3.8, 4) is 11.4 Å². The second-order valence-corrected chi connectivity index (χ2v) is 7.45. The van der Waals surface area contributed by atoms with Gasteiger partial charge in [-0.05, 0) is 56.5 Å². The number of rotatable bonds is 6. The minimum atomic E-state index is -0.0730. The van der Waals surface area contributed by atoms with Gasteiger partial charge in [-0.2, -0.15) is 14.8 Å². The van der Waals surface area contributed by atoms with E-state index in [1.807, 2.05) is 31.2 Å². The molecule has 1 fully saturated rings. The van der Waals surface area contributed by atoms with Gasteiger partial charge in [-0.15, -0.1) is 5.10 Å². The van der Waals surface area contributed by atoms with Gasteiger partial charge in [0.25, 0.3) is 5.56 Å². The zero-order valence-corrected chi connectivity index (χ0v) is 17.0. The molecule has 1 saturated carbocycles. The number of aromatic nitrogens is 7. The molecule has 0 spiro atoms. The van der Waals surface area contributed by atoms with Gasteiger partial charge in [0.15, 0.2) is 11.2 Å². The molecule has 1 aliphatic rings. The molecule has 0 radical (unpaired) electrons. The molecule has 0 aliphatic heterocycles. The van der Waals surface area contributed by atoms with Crippen molar-refractivity contribution in [1.29, 1.82) is 0 Å². The standard InChI is InChI=1S/C21H22N8O2/c1-2-31-17-9-7-15(8-10-17)29-20-18(26-27-29)13-22-21(25-20)24-14-5-6-16(12-14)28-19(30)4-3-11-23-28/h3-4,7-11,13-14,16H,2,5-6,12H2,1H3,(H,22,24,25)/t14-,16-/m1/s1. The van der Waals surface area contributed by atoms with Gasteiger partial charge in [-0.1, -0.05) is 5.21 Å². The molecule has 1 aromatic carbocycles. The molecular weight excluding hydrogens is 396 g/mol. The Kier molecular flexibility index (Phi) is 5.03. The molecular formula is C21H22N8O2. The third-order valence-corrected chi connectivity index (χ3v) is 5.41. The van der Waals surface area contributed by atoms with E-state index in [2.05, 4.69) is 30.7 Å². The molecule has 5 rings (SSSR count). The highest BCUT2D eigenvalue weighted by Crippen LogP contribution is 2.30. The van der Waals surface area contributed by atoms with Crippen LogP contribution in [0.3, 0.4) is 0 Å². The average molecular weight is 418 g/mol. The fourth-order valence-corrected chi connectivity index (χ4v) is 3.96. The molecule has 10 nitrogen and oxygen atoms in total. The smallest absolute Gasteiger partial charge is 0.266 e. The van der Waals surface area contributed by atoms with Crippen molar-refractivity contribution in [2.75, 3.05) is 11.9 Å². The average Bonchev–Trinajstić information content (AvgIpc) is 3.42. The van der Waals surface area contributed by atoms with Crippen molar-refractivity contribution in [2.45, 2.75) is 38.3 Å². The lowest BCUT2D eigenvalue weighted by atomic mass is 10.2. The molecule has 1 aliphatic carbocycles. The van der Waals surface area contributed by atoms with Crippen molar-refractivity contribution >= 4 is 17.1 Å². The van der Waals surface area contributed by atoms with Crippen molar-refractivity contribution < 1.29 is 4.74 Å². The largest absolute Gasteiger partial charge is 0.494 e. The van der Waals surface area contributed by atoms with Gasteiger partial charge in [-0.3, -0.25) is 4.79 Å². The lowest BCUT2D eigenvalue weighted by Gasteiger charge is -2.14. The molecule has 31 heavy (non-hydrogen) atoms. The number of nitrogens with one attached hydrogen (secondary N) is 1. The predicted molar refractivity (Wildman–Crippen MR) is 114 cm³/mol. The Morgan fingerprint density at radius 3 is 2.87 bits per heavy atom. The third kappa shape index (κ3) is 3.83. The Morgan fingerprint density at radius 1 is 1.19 bits per heavy atom. The van der Waals surface area contributed by atoms with Gasteiger partial charge in [0.2, 0.25) is 5.95 Å². The van der Waals surface area contributed by atoms with Gasteiger partial charge < -0.3 is 10.1 Å². The van der Waals surface area contributed by atoms with E-state index in [9.17, 15) is 4.79 Å². The first-order valence-corrected chi connectivity index (χ1v) is 10.3. The van der Waals surface area contributed by atoms with E-state index in [1.165, 1.54) is 0 Å². The summed E-state index contributed by atoms with van der Waals surface area (Å²) in [6, 6.07) is 11.1. The third-order valence-electron chi connectivity index (χ3n) is 5.41. The number of fused-ring (bicyclic) bond motifs is 1. The summed E-state index contributed by atoms with van der Waals surface area (Å²) in [5, 5.41) is 16.0. The number of hydrogen-bond acceptors (Lipinski definition) is 8. The fourth-order valence-electron chi connectivity index (χ4n) is 3.96. The molecule has 0 bridgehead atoms. The van der Waals surface area contributed by atoms with E-state index in [1.54, 1.807) is 33.9 Å². The number of ether oxygens (including phenoxy) is 1. The van der Waals surface area contributed by atoms with Crippen LogP contribution in [0.2, 0.25) is 0 Å². The maximum atomic E-state index is 12.0. The van der Waals surface area contributed by atoms with Crippen LogP contribution in [0.5, 0.6) is 5.75 Å². The van der Waals surface area contributed by atoms with E-state index in [-0.39, 0.29) is 17.6 Å². The molecule has 4 aromatic rings. The maximum Gasteiger partial charge on any atom is 0.266 e. The molecule has 2 atom stereocenters. The summed E-state index contributed by atoms with van der Waals surface area (Å²) in [6.45, 7) is 2.57. The zero-order chi connectivity index (χ0) is 21.2. The van der Waals surface area contributed by atoms with E-state index >= 15 is 0 Å². The summed E-state index contributed by atoms with van der Waals surface area (Å²) in [7, 11) is 0. The van der Waals surface area contributed by atoms with Gasteiger partial charge >= 0.3 is 0 Å². The molecule has 158 valence electrons. The van der Waals surface area contributed by atoms with Gasteiger partial charge in [0.05, 0.1) is 24.5 Å². The first kappa shape index (κ1) is 19.2. The zero-order valence-electron chi connectivity index (χ0n) is 17.0. The molecule has 10 heteroatoms. The maximum absolute atomic E-state index is 12.0. The Balaban J connectivity index is 1.35. The van der Waals surface area contributed by atoms with Crippen LogP contribution in [0.25, 0.3) is 16.9 Å². The van der Waals surface area contributed by atoms with Crippen LogP contribution in [0, 0.1) is 0 Å². The molecule has 0 amide bonds. The Labute approximate surface area is 177 Å². The Bertz CT molecular complexity index is 1250. The highest BCUT2D eigenvalue weighted by atomic mass is 16.5. The lowest BCUT2D eigenvalue weighted by Crippen LogP contribution is -2.26. The normalized spacial score (nSPS) is 18.4. The number of hydrogen-bond donors (Lipinski definition) is 1. The van der Waals surface area contributed by atoms with E-state index in [0.717, 1.165) is 30.7 Å². The molecule has 3 heterocycles. The number of benzene rings is 1. The highest BCUT2D eigenvalue weighted by molar-refractivity contribution is 5.72. The second kappa shape index (κ2) is 8.13. The first-order valence-electron chi connectivity index (χ1n) is 10.3. The summed E-state index contributed by atoms with van der Waals surface area (Å²) in [5.74, 6) is 1.32. The summed E-state index contributed by atoms with van der Waals surface area (Å²) >= 11 is 0. The van der Waals surface area contributed by atoms with Crippen molar-refractivity contribution in [2.24, 2.45) is 0 Å². The monoisotopic (exact) mass is 418 g/mol. The number of anilines is 1. The summed E-state index contributed by atoms with van der Waals surface area (Å²) in [5.41, 5.74) is 2.00. The second-order valence-electron chi connectivity index (χ2n) is 7.45. The highest BCUT2D eigenvalue weighted by Gasteiger charge is 2.27. The van der Waals surface area contributed by atoms with Crippen molar-refractivity contribution in [3.63, 3.8) is 0 Å².